The third-order valence-electron chi connectivity index (χ3n) is 2.48. The molecule has 1 aromatic heterocycles. The summed E-state index contributed by atoms with van der Waals surface area (Å²) in [7, 11) is 0. The van der Waals surface area contributed by atoms with Crippen LogP contribution in [-0.4, -0.2) is 32.6 Å². The van der Waals surface area contributed by atoms with Gasteiger partial charge in [0.1, 0.15) is 5.60 Å². The number of amides is 1. The molecule has 1 amide bonds. The zero-order valence-corrected chi connectivity index (χ0v) is 12.2. The number of aromatic nitrogens is 2. The molecule has 112 valence electrons. The van der Waals surface area contributed by atoms with Crippen molar-refractivity contribution in [3.63, 3.8) is 0 Å². The van der Waals surface area contributed by atoms with Crippen LogP contribution in [0.5, 0.6) is 0 Å². The normalized spacial score (nSPS) is 12.8. The van der Waals surface area contributed by atoms with Gasteiger partial charge in [-0.3, -0.25) is 9.48 Å². The van der Waals surface area contributed by atoms with Crippen molar-refractivity contribution in [2.45, 2.75) is 52.3 Å². The number of nitrogens with zero attached hydrogens (tertiary/aromatic N) is 2. The van der Waals surface area contributed by atoms with Crippen molar-refractivity contribution in [2.24, 2.45) is 0 Å². The number of carbonyl (C=O) groups is 2. The third kappa shape index (κ3) is 4.91. The molecule has 0 saturated heterocycles. The van der Waals surface area contributed by atoms with Crippen molar-refractivity contribution in [3.05, 3.63) is 18.0 Å². The van der Waals surface area contributed by atoms with Gasteiger partial charge in [-0.1, -0.05) is 0 Å². The van der Waals surface area contributed by atoms with Crippen LogP contribution in [0.15, 0.2) is 12.3 Å². The number of nitrogens with one attached hydrogen (secondary N) is 1. The highest BCUT2D eigenvalue weighted by Gasteiger charge is 2.24. The average Bonchev–Trinajstić information content (AvgIpc) is 2.72. The molecular formula is C13H21N3O4. The van der Waals surface area contributed by atoms with Crippen LogP contribution >= 0.6 is 0 Å². The lowest BCUT2D eigenvalue weighted by atomic mass is 10.1. The smallest absolute Gasteiger partial charge is 0.408 e. The van der Waals surface area contributed by atoms with Crippen molar-refractivity contribution in [1.82, 2.24) is 15.1 Å². The van der Waals surface area contributed by atoms with Crippen molar-refractivity contribution >= 4 is 12.1 Å². The zero-order chi connectivity index (χ0) is 15.3. The maximum absolute atomic E-state index is 11.8. The minimum Gasteiger partial charge on any atom is -0.481 e. The van der Waals surface area contributed by atoms with Gasteiger partial charge in [-0.2, -0.15) is 5.10 Å². The Hall–Kier alpha value is -2.05. The molecular weight excluding hydrogens is 262 g/mol. The summed E-state index contributed by atoms with van der Waals surface area (Å²) in [6.07, 6.45) is 0.697. The minimum absolute atomic E-state index is 0.231. The van der Waals surface area contributed by atoms with Crippen LogP contribution in [0.4, 0.5) is 4.79 Å². The molecule has 0 saturated carbocycles. The van der Waals surface area contributed by atoms with E-state index in [1.807, 2.05) is 6.92 Å². The SMILES string of the molecule is CCn1nccc1C(CC(=O)O)NC(=O)OC(C)(C)C. The molecule has 7 heteroatoms. The highest BCUT2D eigenvalue weighted by Crippen LogP contribution is 2.18. The molecule has 20 heavy (non-hydrogen) atoms. The van der Waals surface area contributed by atoms with E-state index in [9.17, 15) is 9.59 Å². The van der Waals surface area contributed by atoms with Gasteiger partial charge in [-0.25, -0.2) is 4.79 Å². The maximum atomic E-state index is 11.8. The van der Waals surface area contributed by atoms with E-state index in [2.05, 4.69) is 10.4 Å². The first-order valence-corrected chi connectivity index (χ1v) is 6.46. The Balaban J connectivity index is 2.85. The van der Waals surface area contributed by atoms with Gasteiger partial charge < -0.3 is 15.2 Å². The molecule has 0 fully saturated rings. The molecule has 0 bridgehead atoms. The number of alkyl carbamates (subject to hydrolysis) is 1. The van der Waals surface area contributed by atoms with Gasteiger partial charge in [0.25, 0.3) is 0 Å². The number of carboxylic acid groups (broad SMARTS) is 1. The number of aryl methyl sites for hydroxylation is 1. The van der Waals surface area contributed by atoms with Gasteiger partial charge in [0, 0.05) is 12.7 Å². The van der Waals surface area contributed by atoms with E-state index in [-0.39, 0.29) is 6.42 Å². The zero-order valence-electron chi connectivity index (χ0n) is 12.2. The fraction of sp³-hybridized carbons (Fsp3) is 0.615. The van der Waals surface area contributed by atoms with Crippen LogP contribution in [0.2, 0.25) is 0 Å². The number of hydrogen-bond acceptors (Lipinski definition) is 4. The molecule has 1 unspecified atom stereocenters. The first-order chi connectivity index (χ1) is 9.23. The Morgan fingerprint density at radius 2 is 2.15 bits per heavy atom. The Morgan fingerprint density at radius 1 is 1.50 bits per heavy atom. The largest absolute Gasteiger partial charge is 0.481 e. The number of carbonyl (C=O) groups excluding carboxylic acids is 1. The van der Waals surface area contributed by atoms with E-state index in [4.69, 9.17) is 9.84 Å². The van der Waals surface area contributed by atoms with Crippen molar-refractivity contribution in [3.8, 4) is 0 Å². The molecule has 0 aliphatic carbocycles. The standard InChI is InChI=1S/C13H21N3O4/c1-5-16-10(6-7-14-16)9(8-11(17)18)15-12(19)20-13(2,3)4/h6-7,9H,5,8H2,1-4H3,(H,15,19)(H,17,18). The molecule has 7 nitrogen and oxygen atoms in total. The molecule has 1 atom stereocenters. The quantitative estimate of drug-likeness (QED) is 0.861. The average molecular weight is 283 g/mol. The minimum atomic E-state index is -1.00. The van der Waals surface area contributed by atoms with E-state index in [1.165, 1.54) is 0 Å². The summed E-state index contributed by atoms with van der Waals surface area (Å²) in [5, 5.41) is 15.6. The van der Waals surface area contributed by atoms with E-state index < -0.39 is 23.7 Å². The lowest BCUT2D eigenvalue weighted by molar-refractivity contribution is -0.137. The molecule has 0 radical (unpaired) electrons. The molecule has 1 aromatic rings. The molecule has 1 rings (SSSR count). The number of hydrogen-bond donors (Lipinski definition) is 2. The van der Waals surface area contributed by atoms with E-state index in [0.29, 0.717) is 12.2 Å². The van der Waals surface area contributed by atoms with Crippen molar-refractivity contribution < 1.29 is 19.4 Å². The Labute approximate surface area is 117 Å². The summed E-state index contributed by atoms with van der Waals surface area (Å²) in [4.78, 5) is 22.7. The monoisotopic (exact) mass is 283 g/mol. The van der Waals surface area contributed by atoms with E-state index in [0.717, 1.165) is 0 Å². The van der Waals surface area contributed by atoms with Crippen LogP contribution < -0.4 is 5.32 Å². The second-order valence-electron chi connectivity index (χ2n) is 5.37. The third-order valence-corrected chi connectivity index (χ3v) is 2.48. The predicted octanol–water partition coefficient (Wildman–Crippen LogP) is 1.94. The summed E-state index contributed by atoms with van der Waals surface area (Å²) in [5.74, 6) is -1.00. The topological polar surface area (TPSA) is 93.5 Å². The second-order valence-corrected chi connectivity index (χ2v) is 5.37. The number of carboxylic acids is 1. The van der Waals surface area contributed by atoms with E-state index >= 15 is 0 Å². The number of rotatable bonds is 5. The first-order valence-electron chi connectivity index (χ1n) is 6.46. The van der Waals surface area contributed by atoms with Gasteiger partial charge >= 0.3 is 12.1 Å². The fourth-order valence-corrected chi connectivity index (χ4v) is 1.76. The summed E-state index contributed by atoms with van der Waals surface area (Å²) in [6.45, 7) is 7.72. The van der Waals surface area contributed by atoms with Gasteiger partial charge in [-0.15, -0.1) is 0 Å². The van der Waals surface area contributed by atoms with Crippen LogP contribution in [0.3, 0.4) is 0 Å². The highest BCUT2D eigenvalue weighted by molar-refractivity contribution is 5.72. The van der Waals surface area contributed by atoms with Crippen LogP contribution in [0.1, 0.15) is 45.9 Å². The van der Waals surface area contributed by atoms with Gasteiger partial charge in [0.15, 0.2) is 0 Å². The van der Waals surface area contributed by atoms with Crippen molar-refractivity contribution in [2.75, 3.05) is 0 Å². The number of aliphatic carboxylic acids is 1. The first kappa shape index (κ1) is 16.0. The van der Waals surface area contributed by atoms with Gasteiger partial charge in [0.05, 0.1) is 18.2 Å². The molecule has 0 aromatic carbocycles. The molecule has 0 aliphatic heterocycles. The van der Waals surface area contributed by atoms with Gasteiger partial charge in [-0.05, 0) is 33.8 Å². The molecule has 0 aliphatic rings. The lowest BCUT2D eigenvalue weighted by Crippen LogP contribution is -2.36. The summed E-state index contributed by atoms with van der Waals surface area (Å²) in [6, 6.07) is 1.01. The highest BCUT2D eigenvalue weighted by atomic mass is 16.6. The fourth-order valence-electron chi connectivity index (χ4n) is 1.76. The Morgan fingerprint density at radius 3 is 2.65 bits per heavy atom. The molecule has 0 spiro atoms. The van der Waals surface area contributed by atoms with E-state index in [1.54, 1.807) is 37.7 Å². The number of ether oxygens (including phenoxy) is 1. The lowest BCUT2D eigenvalue weighted by Gasteiger charge is -2.23. The predicted molar refractivity (Wildman–Crippen MR) is 72.3 cm³/mol. The second kappa shape index (κ2) is 6.40. The van der Waals surface area contributed by atoms with Gasteiger partial charge in [0.2, 0.25) is 0 Å². The Bertz CT molecular complexity index is 476. The Kier molecular flexibility index (Phi) is 5.12. The maximum Gasteiger partial charge on any atom is 0.408 e. The van der Waals surface area contributed by atoms with Crippen LogP contribution in [-0.2, 0) is 16.1 Å². The summed E-state index contributed by atoms with van der Waals surface area (Å²) < 4.78 is 6.79. The molecule has 2 N–H and O–H groups in total. The summed E-state index contributed by atoms with van der Waals surface area (Å²) in [5.41, 5.74) is 0.00354. The molecule has 1 heterocycles. The summed E-state index contributed by atoms with van der Waals surface area (Å²) >= 11 is 0. The van der Waals surface area contributed by atoms with Crippen LogP contribution in [0, 0.1) is 0 Å². The van der Waals surface area contributed by atoms with Crippen LogP contribution in [0.25, 0.3) is 0 Å². The van der Waals surface area contributed by atoms with Crippen molar-refractivity contribution in [1.29, 1.82) is 0 Å².